The topological polar surface area (TPSA) is 126 Å². The molecule has 9 nitrogen and oxygen atoms in total. The second-order valence-corrected chi connectivity index (χ2v) is 6.96. The first kappa shape index (κ1) is 20.8. The van der Waals surface area contributed by atoms with Crippen LogP contribution in [0.1, 0.15) is 26.7 Å². The van der Waals surface area contributed by atoms with Gasteiger partial charge in [-0.05, 0) is 19.4 Å². The van der Waals surface area contributed by atoms with Crippen LogP contribution in [0.2, 0.25) is 0 Å². The molecule has 0 fully saturated rings. The van der Waals surface area contributed by atoms with Crippen LogP contribution in [0, 0.1) is 10.1 Å². The van der Waals surface area contributed by atoms with Crippen LogP contribution in [0.3, 0.4) is 0 Å². The highest BCUT2D eigenvalue weighted by molar-refractivity contribution is 7.89. The minimum Gasteiger partial charge on any atom is -0.357 e. The zero-order valence-electron chi connectivity index (χ0n) is 14.5. The molecule has 0 saturated carbocycles. The van der Waals surface area contributed by atoms with Gasteiger partial charge in [-0.15, -0.1) is 0 Å². The summed E-state index contributed by atoms with van der Waals surface area (Å²) in [6, 6.07) is 4.94. The van der Waals surface area contributed by atoms with E-state index in [1.54, 1.807) is 0 Å². The molecule has 0 aromatic heterocycles. The van der Waals surface area contributed by atoms with E-state index in [9.17, 15) is 18.5 Å². The number of benzene rings is 1. The summed E-state index contributed by atoms with van der Waals surface area (Å²) < 4.78 is 26.8. The van der Waals surface area contributed by atoms with Crippen LogP contribution in [0.5, 0.6) is 0 Å². The van der Waals surface area contributed by atoms with Gasteiger partial charge in [-0.3, -0.25) is 15.1 Å². The predicted octanol–water partition coefficient (Wildman–Crippen LogP) is 1.23. The van der Waals surface area contributed by atoms with Gasteiger partial charge in [0, 0.05) is 38.3 Å². The van der Waals surface area contributed by atoms with Gasteiger partial charge in [0.1, 0.15) is 0 Å². The van der Waals surface area contributed by atoms with Crippen LogP contribution in [0.15, 0.2) is 34.2 Å². The van der Waals surface area contributed by atoms with Crippen LogP contribution in [-0.2, 0) is 10.0 Å². The largest absolute Gasteiger partial charge is 0.357 e. The fourth-order valence-electron chi connectivity index (χ4n) is 1.90. The van der Waals surface area contributed by atoms with Gasteiger partial charge in [-0.2, -0.15) is 0 Å². The molecular formula is C15H25N5O4S. The summed E-state index contributed by atoms with van der Waals surface area (Å²) in [6.45, 7) is 5.90. The van der Waals surface area contributed by atoms with E-state index in [4.69, 9.17) is 0 Å². The maximum atomic E-state index is 12.2. The molecule has 0 aliphatic carbocycles. The number of nitrogens with one attached hydrogen (secondary N) is 3. The Labute approximate surface area is 148 Å². The molecule has 25 heavy (non-hydrogen) atoms. The lowest BCUT2D eigenvalue weighted by atomic mass is 10.3. The van der Waals surface area contributed by atoms with Crippen molar-refractivity contribution in [1.29, 1.82) is 0 Å². The van der Waals surface area contributed by atoms with Crippen molar-refractivity contribution in [1.82, 2.24) is 15.4 Å². The van der Waals surface area contributed by atoms with Gasteiger partial charge in [0.05, 0.1) is 9.82 Å². The second kappa shape index (κ2) is 10.6. The Morgan fingerprint density at radius 1 is 1.24 bits per heavy atom. The van der Waals surface area contributed by atoms with E-state index in [1.807, 2.05) is 6.92 Å². The number of nitrogens with zero attached hydrogens (tertiary/aromatic N) is 2. The highest BCUT2D eigenvalue weighted by atomic mass is 32.2. The van der Waals surface area contributed by atoms with E-state index < -0.39 is 14.9 Å². The van der Waals surface area contributed by atoms with E-state index in [0.717, 1.165) is 18.9 Å². The molecular weight excluding hydrogens is 346 g/mol. The van der Waals surface area contributed by atoms with Gasteiger partial charge in [0.25, 0.3) is 5.69 Å². The third-order valence-electron chi connectivity index (χ3n) is 3.17. The molecule has 0 atom stereocenters. The summed E-state index contributed by atoms with van der Waals surface area (Å²) in [5.74, 6) is 0.630. The monoisotopic (exact) mass is 371 g/mol. The van der Waals surface area contributed by atoms with Gasteiger partial charge in [0.15, 0.2) is 5.96 Å². The van der Waals surface area contributed by atoms with Crippen LogP contribution in [0.25, 0.3) is 0 Å². The van der Waals surface area contributed by atoms with Gasteiger partial charge in [-0.25, -0.2) is 13.1 Å². The molecule has 1 rings (SSSR count). The minimum atomic E-state index is -3.80. The van der Waals surface area contributed by atoms with Crippen LogP contribution in [0.4, 0.5) is 5.69 Å². The Hall–Kier alpha value is -2.20. The Kier molecular flexibility index (Phi) is 8.86. The van der Waals surface area contributed by atoms with Crippen molar-refractivity contribution in [2.24, 2.45) is 4.99 Å². The van der Waals surface area contributed by atoms with Crippen molar-refractivity contribution < 1.29 is 13.3 Å². The first-order valence-corrected chi connectivity index (χ1v) is 9.65. The smallest absolute Gasteiger partial charge is 0.270 e. The fourth-order valence-corrected chi connectivity index (χ4v) is 2.98. The maximum Gasteiger partial charge on any atom is 0.270 e. The molecule has 3 N–H and O–H groups in total. The van der Waals surface area contributed by atoms with Crippen LogP contribution >= 0.6 is 0 Å². The van der Waals surface area contributed by atoms with E-state index in [2.05, 4.69) is 27.3 Å². The zero-order valence-corrected chi connectivity index (χ0v) is 15.3. The summed E-state index contributed by atoms with van der Waals surface area (Å²) in [7, 11) is -3.80. The van der Waals surface area contributed by atoms with E-state index in [1.165, 1.54) is 18.2 Å². The molecule has 0 spiro atoms. The Morgan fingerprint density at radius 3 is 2.64 bits per heavy atom. The number of aliphatic imine (C=N–C) groups is 1. The molecule has 1 aromatic carbocycles. The number of rotatable bonds is 10. The number of nitro groups is 1. The minimum absolute atomic E-state index is 0.128. The molecule has 0 heterocycles. The lowest BCUT2D eigenvalue weighted by Crippen LogP contribution is -2.41. The van der Waals surface area contributed by atoms with Crippen molar-refractivity contribution in [3.63, 3.8) is 0 Å². The van der Waals surface area contributed by atoms with Gasteiger partial charge >= 0.3 is 0 Å². The predicted molar refractivity (Wildman–Crippen MR) is 97.2 cm³/mol. The quantitative estimate of drug-likeness (QED) is 0.187. The van der Waals surface area contributed by atoms with E-state index in [-0.39, 0.29) is 17.1 Å². The number of sulfonamides is 1. The van der Waals surface area contributed by atoms with Gasteiger partial charge in [-0.1, -0.05) is 19.4 Å². The van der Waals surface area contributed by atoms with Crippen LogP contribution in [-0.4, -0.2) is 45.5 Å². The number of guanidine groups is 1. The van der Waals surface area contributed by atoms with Gasteiger partial charge in [0.2, 0.25) is 10.0 Å². The van der Waals surface area contributed by atoms with Crippen molar-refractivity contribution in [2.45, 2.75) is 31.6 Å². The normalized spacial score (nSPS) is 12.0. The molecule has 0 aliphatic rings. The Bertz CT molecular complexity index is 691. The average Bonchev–Trinajstić information content (AvgIpc) is 2.59. The summed E-state index contributed by atoms with van der Waals surface area (Å²) >= 11 is 0. The highest BCUT2D eigenvalue weighted by Crippen LogP contribution is 2.16. The SMILES string of the molecule is CCCCN=C(NCC)NCCNS(=O)(=O)c1cccc([N+](=O)[O-])c1. The Balaban J connectivity index is 2.57. The summed E-state index contributed by atoms with van der Waals surface area (Å²) in [5, 5.41) is 16.9. The van der Waals surface area contributed by atoms with Crippen molar-refractivity contribution in [2.75, 3.05) is 26.2 Å². The average molecular weight is 371 g/mol. The molecule has 140 valence electrons. The summed E-state index contributed by atoms with van der Waals surface area (Å²) in [4.78, 5) is 14.4. The second-order valence-electron chi connectivity index (χ2n) is 5.19. The molecule has 0 aliphatic heterocycles. The molecule has 10 heteroatoms. The number of hydrogen-bond acceptors (Lipinski definition) is 5. The first-order valence-electron chi connectivity index (χ1n) is 8.17. The molecule has 0 unspecified atom stereocenters. The summed E-state index contributed by atoms with van der Waals surface area (Å²) in [5.41, 5.74) is -0.265. The van der Waals surface area contributed by atoms with E-state index in [0.29, 0.717) is 25.6 Å². The van der Waals surface area contributed by atoms with Crippen molar-refractivity contribution in [3.05, 3.63) is 34.4 Å². The van der Waals surface area contributed by atoms with Crippen molar-refractivity contribution in [3.8, 4) is 0 Å². The number of unbranched alkanes of at least 4 members (excludes halogenated alkanes) is 1. The fraction of sp³-hybridized carbons (Fsp3) is 0.533. The third-order valence-corrected chi connectivity index (χ3v) is 4.63. The lowest BCUT2D eigenvalue weighted by Gasteiger charge is -2.12. The van der Waals surface area contributed by atoms with Crippen molar-refractivity contribution >= 4 is 21.7 Å². The maximum absolute atomic E-state index is 12.2. The van der Waals surface area contributed by atoms with Gasteiger partial charge < -0.3 is 10.6 Å². The third kappa shape index (κ3) is 7.48. The lowest BCUT2D eigenvalue weighted by molar-refractivity contribution is -0.385. The number of nitro benzene ring substituents is 1. The van der Waals surface area contributed by atoms with Crippen LogP contribution < -0.4 is 15.4 Å². The summed E-state index contributed by atoms with van der Waals surface area (Å²) in [6.07, 6.45) is 2.03. The molecule has 0 saturated heterocycles. The van der Waals surface area contributed by atoms with E-state index >= 15 is 0 Å². The standard InChI is InChI=1S/C15H25N5O4S/c1-3-5-9-17-15(16-4-2)18-10-11-19-25(23,24)14-8-6-7-13(12-14)20(21)22/h6-8,12,19H,3-5,9-11H2,1-2H3,(H2,16,17,18). The number of hydrogen-bond donors (Lipinski definition) is 3. The molecule has 0 amide bonds. The zero-order chi connectivity index (χ0) is 18.7. The number of non-ortho nitro benzene ring substituents is 1. The highest BCUT2D eigenvalue weighted by Gasteiger charge is 2.16. The Morgan fingerprint density at radius 2 is 2.00 bits per heavy atom. The first-order chi connectivity index (χ1) is 11.9. The molecule has 0 radical (unpaired) electrons. The molecule has 0 bridgehead atoms. The molecule has 1 aromatic rings.